The zero-order valence-corrected chi connectivity index (χ0v) is 14.9. The Morgan fingerprint density at radius 2 is 2.32 bits per heavy atom. The number of thiophene rings is 1. The van der Waals surface area contributed by atoms with Crippen LogP contribution in [-0.2, 0) is 5.41 Å². The van der Waals surface area contributed by atoms with Crippen molar-refractivity contribution in [1.29, 1.82) is 0 Å². The number of hydrogen-bond acceptors (Lipinski definition) is 5. The summed E-state index contributed by atoms with van der Waals surface area (Å²) in [5.74, 6) is 0.639. The summed E-state index contributed by atoms with van der Waals surface area (Å²) >= 11 is 1.44. The summed E-state index contributed by atoms with van der Waals surface area (Å²) in [7, 11) is 0. The number of aromatic amines is 2. The lowest BCUT2D eigenvalue weighted by Gasteiger charge is -2.38. The third-order valence-electron chi connectivity index (χ3n) is 5.30. The first kappa shape index (κ1) is 16.2. The van der Waals surface area contributed by atoms with E-state index in [1.807, 2.05) is 19.1 Å². The van der Waals surface area contributed by atoms with Crippen LogP contribution in [-0.4, -0.2) is 26.2 Å². The minimum absolute atomic E-state index is 0.0754. The fourth-order valence-electron chi connectivity index (χ4n) is 3.76. The lowest BCUT2D eigenvalue weighted by atomic mass is 9.70. The molecule has 1 fully saturated rings. The van der Waals surface area contributed by atoms with E-state index < -0.39 is 5.41 Å². The second kappa shape index (κ2) is 5.93. The van der Waals surface area contributed by atoms with Gasteiger partial charge in [-0.3, -0.25) is 9.89 Å². The standard InChI is InChI=1S/C18H21N5OS/c1-3-18(7-5-4-6-14(18)19)17-21-12-8-13(11-9-20-23-10(11)2)25-15(12)16(24)22-17/h3,8-9,14H,1,4-7,19H2,2H3,(H,20,23)(H,21,22,24)/t14-,18+/m1/s1. The summed E-state index contributed by atoms with van der Waals surface area (Å²) in [6.07, 6.45) is 7.59. The molecule has 25 heavy (non-hydrogen) atoms. The van der Waals surface area contributed by atoms with E-state index in [0.717, 1.165) is 41.8 Å². The molecule has 130 valence electrons. The van der Waals surface area contributed by atoms with Gasteiger partial charge in [0.05, 0.1) is 17.1 Å². The number of hydrogen-bond donors (Lipinski definition) is 3. The van der Waals surface area contributed by atoms with Gasteiger partial charge in [-0.05, 0) is 25.8 Å². The topological polar surface area (TPSA) is 100 Å². The highest BCUT2D eigenvalue weighted by atomic mass is 32.1. The molecule has 1 saturated carbocycles. The van der Waals surface area contributed by atoms with Crippen molar-refractivity contribution >= 4 is 21.6 Å². The molecule has 0 unspecified atom stereocenters. The van der Waals surface area contributed by atoms with Crippen LogP contribution < -0.4 is 11.3 Å². The zero-order chi connectivity index (χ0) is 17.6. The highest BCUT2D eigenvalue weighted by Crippen LogP contribution is 2.39. The number of nitrogens with zero attached hydrogens (tertiary/aromatic N) is 2. The molecule has 0 saturated heterocycles. The SMILES string of the molecule is C=C[C@]1(c2nc3cc(-c4cn[nH]c4C)sc3c(=O)[nH]2)CCCC[C@H]1N. The van der Waals surface area contributed by atoms with Crippen LogP contribution in [0.4, 0.5) is 0 Å². The molecule has 1 aliphatic carbocycles. The molecule has 1 aliphatic rings. The first-order valence-corrected chi connectivity index (χ1v) is 9.30. The highest BCUT2D eigenvalue weighted by molar-refractivity contribution is 7.22. The quantitative estimate of drug-likeness (QED) is 0.629. The first-order chi connectivity index (χ1) is 12.0. The molecule has 0 radical (unpaired) electrons. The molecule has 0 amide bonds. The maximum Gasteiger partial charge on any atom is 0.268 e. The molecular formula is C18H21N5OS. The molecule has 6 nitrogen and oxygen atoms in total. The van der Waals surface area contributed by atoms with E-state index >= 15 is 0 Å². The number of nitrogens with one attached hydrogen (secondary N) is 2. The van der Waals surface area contributed by atoms with Crippen LogP contribution in [0.15, 0.2) is 29.7 Å². The lowest BCUT2D eigenvalue weighted by molar-refractivity contribution is 0.293. The Bertz CT molecular complexity index is 1000. The van der Waals surface area contributed by atoms with Crippen molar-refractivity contribution in [2.75, 3.05) is 0 Å². The zero-order valence-electron chi connectivity index (χ0n) is 14.1. The Labute approximate surface area is 149 Å². The normalized spacial score (nSPS) is 23.8. The average Bonchev–Trinajstić information content (AvgIpc) is 3.21. The summed E-state index contributed by atoms with van der Waals surface area (Å²) in [5, 5.41) is 6.99. The van der Waals surface area contributed by atoms with Crippen LogP contribution in [0.1, 0.15) is 37.2 Å². The van der Waals surface area contributed by atoms with Gasteiger partial charge in [-0.2, -0.15) is 5.10 Å². The van der Waals surface area contributed by atoms with Gasteiger partial charge in [-0.15, -0.1) is 17.9 Å². The van der Waals surface area contributed by atoms with E-state index in [9.17, 15) is 4.79 Å². The number of rotatable bonds is 3. The van der Waals surface area contributed by atoms with Crippen molar-refractivity contribution in [2.24, 2.45) is 5.73 Å². The lowest BCUT2D eigenvalue weighted by Crippen LogP contribution is -2.48. The fraction of sp³-hybridized carbons (Fsp3) is 0.389. The van der Waals surface area contributed by atoms with Gasteiger partial charge in [0.2, 0.25) is 0 Å². The van der Waals surface area contributed by atoms with Gasteiger partial charge < -0.3 is 10.7 Å². The van der Waals surface area contributed by atoms with Crippen molar-refractivity contribution in [3.63, 3.8) is 0 Å². The van der Waals surface area contributed by atoms with Crippen molar-refractivity contribution in [1.82, 2.24) is 20.2 Å². The first-order valence-electron chi connectivity index (χ1n) is 8.49. The third kappa shape index (κ3) is 2.46. The molecule has 0 aliphatic heterocycles. The predicted octanol–water partition coefficient (Wildman–Crippen LogP) is 3.01. The number of H-pyrrole nitrogens is 2. The minimum atomic E-state index is -0.459. The molecule has 0 aromatic carbocycles. The Balaban J connectivity index is 1.88. The summed E-state index contributed by atoms with van der Waals surface area (Å²) in [4.78, 5) is 21.4. The van der Waals surface area contributed by atoms with Crippen LogP contribution in [0.25, 0.3) is 20.7 Å². The predicted molar refractivity (Wildman–Crippen MR) is 101 cm³/mol. The highest BCUT2D eigenvalue weighted by Gasteiger charge is 2.40. The summed E-state index contributed by atoms with van der Waals surface area (Å²) in [6.45, 7) is 5.96. The van der Waals surface area contributed by atoms with Crippen molar-refractivity contribution < 1.29 is 0 Å². The largest absolute Gasteiger partial charge is 0.326 e. The minimum Gasteiger partial charge on any atom is -0.326 e. The molecule has 4 rings (SSSR count). The van der Waals surface area contributed by atoms with Gasteiger partial charge in [0.15, 0.2) is 0 Å². The Morgan fingerprint density at radius 3 is 3.00 bits per heavy atom. The number of nitrogens with two attached hydrogens (primary N) is 1. The van der Waals surface area contributed by atoms with E-state index in [-0.39, 0.29) is 11.6 Å². The van der Waals surface area contributed by atoms with Gasteiger partial charge in [0, 0.05) is 22.2 Å². The number of aromatic nitrogens is 4. The van der Waals surface area contributed by atoms with E-state index in [4.69, 9.17) is 10.7 Å². The smallest absolute Gasteiger partial charge is 0.268 e. The van der Waals surface area contributed by atoms with Crippen molar-refractivity contribution in [3.8, 4) is 10.4 Å². The maximum absolute atomic E-state index is 12.7. The fourth-order valence-corrected chi connectivity index (χ4v) is 4.82. The van der Waals surface area contributed by atoms with Crippen LogP contribution in [0, 0.1) is 6.92 Å². The molecule has 4 N–H and O–H groups in total. The summed E-state index contributed by atoms with van der Waals surface area (Å²) in [5.41, 5.74) is 8.51. The number of aryl methyl sites for hydroxylation is 1. The second-order valence-corrected chi connectivity index (χ2v) is 7.80. The molecule has 3 aromatic rings. The third-order valence-corrected chi connectivity index (χ3v) is 6.46. The van der Waals surface area contributed by atoms with Gasteiger partial charge in [0.25, 0.3) is 5.56 Å². The van der Waals surface area contributed by atoms with Gasteiger partial charge in [0.1, 0.15) is 10.5 Å². The van der Waals surface area contributed by atoms with Crippen LogP contribution in [0.3, 0.4) is 0 Å². The molecular weight excluding hydrogens is 334 g/mol. The van der Waals surface area contributed by atoms with Gasteiger partial charge in [-0.1, -0.05) is 18.9 Å². The van der Waals surface area contributed by atoms with Crippen LogP contribution >= 0.6 is 11.3 Å². The van der Waals surface area contributed by atoms with Crippen LogP contribution in [0.5, 0.6) is 0 Å². The monoisotopic (exact) mass is 355 g/mol. The van der Waals surface area contributed by atoms with E-state index in [1.165, 1.54) is 11.3 Å². The van der Waals surface area contributed by atoms with Gasteiger partial charge >= 0.3 is 0 Å². The van der Waals surface area contributed by atoms with Crippen molar-refractivity contribution in [3.05, 3.63) is 46.8 Å². The second-order valence-electron chi connectivity index (χ2n) is 6.74. The molecule has 2 atom stereocenters. The molecule has 3 heterocycles. The Kier molecular flexibility index (Phi) is 3.85. The average molecular weight is 355 g/mol. The van der Waals surface area contributed by atoms with E-state index in [2.05, 4.69) is 21.8 Å². The molecule has 7 heteroatoms. The molecule has 0 spiro atoms. The Hall–Kier alpha value is -2.25. The summed E-state index contributed by atoms with van der Waals surface area (Å²) in [6, 6.07) is 1.88. The Morgan fingerprint density at radius 1 is 1.48 bits per heavy atom. The van der Waals surface area contributed by atoms with E-state index in [1.54, 1.807) is 6.20 Å². The van der Waals surface area contributed by atoms with Crippen molar-refractivity contribution in [2.45, 2.75) is 44.1 Å². The molecule has 0 bridgehead atoms. The van der Waals surface area contributed by atoms with Crippen LogP contribution in [0.2, 0.25) is 0 Å². The molecule has 3 aromatic heterocycles. The number of fused-ring (bicyclic) bond motifs is 1. The maximum atomic E-state index is 12.7. The van der Waals surface area contributed by atoms with E-state index in [0.29, 0.717) is 16.0 Å². The van der Waals surface area contributed by atoms with Gasteiger partial charge in [-0.25, -0.2) is 4.98 Å². The summed E-state index contributed by atoms with van der Waals surface area (Å²) < 4.78 is 0.628.